The molecule has 0 heterocycles. The molecular weight excluding hydrogens is 288 g/mol. The van der Waals surface area contributed by atoms with Gasteiger partial charge in [0.05, 0.1) is 12.2 Å². The monoisotopic (exact) mass is 300 g/mol. The quantitative estimate of drug-likeness (QED) is 0.846. The number of benzene rings is 1. The molecular formula is C12H13ClN2O5. The standard InChI is InChI=1S/C12H13ClN2O5/c1-2-19-12(18)15-10(16)6-20-9-4-3-7(13)5-8(9)11(14)17/h3-5H,2,6H2,1H3,(H2,14,17)(H,15,16,18). The molecule has 3 amide bonds. The lowest BCUT2D eigenvalue weighted by atomic mass is 10.2. The van der Waals surface area contributed by atoms with E-state index in [-0.39, 0.29) is 17.9 Å². The number of carbonyl (C=O) groups excluding carboxylic acids is 3. The number of hydrogen-bond donors (Lipinski definition) is 2. The second-order valence-corrected chi connectivity index (χ2v) is 4.00. The second kappa shape index (κ2) is 7.34. The molecule has 0 aliphatic rings. The zero-order valence-corrected chi connectivity index (χ0v) is 11.4. The Balaban J connectivity index is 2.64. The molecule has 7 nitrogen and oxygen atoms in total. The number of imide groups is 1. The fourth-order valence-electron chi connectivity index (χ4n) is 1.28. The van der Waals surface area contributed by atoms with Gasteiger partial charge in [-0.15, -0.1) is 0 Å². The van der Waals surface area contributed by atoms with Crippen molar-refractivity contribution in [2.75, 3.05) is 13.2 Å². The van der Waals surface area contributed by atoms with Crippen molar-refractivity contribution in [1.82, 2.24) is 5.32 Å². The predicted molar refractivity (Wildman–Crippen MR) is 70.6 cm³/mol. The molecule has 0 bridgehead atoms. The number of rotatable bonds is 5. The molecule has 1 aromatic carbocycles. The van der Waals surface area contributed by atoms with Crippen LogP contribution in [0.15, 0.2) is 18.2 Å². The highest BCUT2D eigenvalue weighted by Gasteiger charge is 2.13. The first-order valence-electron chi connectivity index (χ1n) is 5.62. The number of nitrogens with one attached hydrogen (secondary N) is 1. The fraction of sp³-hybridized carbons (Fsp3) is 0.250. The van der Waals surface area contributed by atoms with Crippen LogP contribution in [0.4, 0.5) is 4.79 Å². The third-order valence-corrected chi connectivity index (χ3v) is 2.32. The van der Waals surface area contributed by atoms with E-state index >= 15 is 0 Å². The Morgan fingerprint density at radius 2 is 2.05 bits per heavy atom. The SMILES string of the molecule is CCOC(=O)NC(=O)COc1ccc(Cl)cc1C(N)=O. The first kappa shape index (κ1) is 15.8. The Morgan fingerprint density at radius 1 is 1.35 bits per heavy atom. The van der Waals surface area contributed by atoms with E-state index in [0.29, 0.717) is 5.02 Å². The van der Waals surface area contributed by atoms with Gasteiger partial charge in [0, 0.05) is 5.02 Å². The summed E-state index contributed by atoms with van der Waals surface area (Å²) in [5.74, 6) is -1.36. The van der Waals surface area contributed by atoms with E-state index in [1.54, 1.807) is 6.92 Å². The molecule has 20 heavy (non-hydrogen) atoms. The lowest BCUT2D eigenvalue weighted by molar-refractivity contribution is -0.122. The number of hydrogen-bond acceptors (Lipinski definition) is 5. The highest BCUT2D eigenvalue weighted by Crippen LogP contribution is 2.22. The van der Waals surface area contributed by atoms with Gasteiger partial charge in [0.25, 0.3) is 11.8 Å². The minimum absolute atomic E-state index is 0.0430. The fourth-order valence-corrected chi connectivity index (χ4v) is 1.45. The van der Waals surface area contributed by atoms with Gasteiger partial charge in [-0.05, 0) is 25.1 Å². The van der Waals surface area contributed by atoms with Crippen LogP contribution >= 0.6 is 11.6 Å². The van der Waals surface area contributed by atoms with Gasteiger partial charge in [-0.3, -0.25) is 14.9 Å². The van der Waals surface area contributed by atoms with Gasteiger partial charge >= 0.3 is 6.09 Å². The summed E-state index contributed by atoms with van der Waals surface area (Å²) in [5, 5.41) is 2.25. The summed E-state index contributed by atoms with van der Waals surface area (Å²) in [6.07, 6.45) is -0.868. The van der Waals surface area contributed by atoms with Gasteiger partial charge in [0.2, 0.25) is 0 Å². The molecule has 0 saturated carbocycles. The van der Waals surface area contributed by atoms with E-state index < -0.39 is 24.5 Å². The van der Waals surface area contributed by atoms with Gasteiger partial charge in [-0.2, -0.15) is 0 Å². The summed E-state index contributed by atoms with van der Waals surface area (Å²) >= 11 is 5.72. The van der Waals surface area contributed by atoms with Gasteiger partial charge in [0.15, 0.2) is 6.61 Å². The number of primary amides is 1. The van der Waals surface area contributed by atoms with Crippen molar-refractivity contribution in [2.45, 2.75) is 6.92 Å². The van der Waals surface area contributed by atoms with Crippen LogP contribution in [-0.2, 0) is 9.53 Å². The van der Waals surface area contributed by atoms with Crippen molar-refractivity contribution in [1.29, 1.82) is 0 Å². The van der Waals surface area contributed by atoms with Crippen LogP contribution in [0.3, 0.4) is 0 Å². The number of ether oxygens (including phenoxy) is 2. The summed E-state index contributed by atoms with van der Waals surface area (Å²) in [4.78, 5) is 33.5. The van der Waals surface area contributed by atoms with Gasteiger partial charge in [-0.25, -0.2) is 4.79 Å². The van der Waals surface area contributed by atoms with Crippen LogP contribution in [0, 0.1) is 0 Å². The minimum Gasteiger partial charge on any atom is -0.483 e. The van der Waals surface area contributed by atoms with Gasteiger partial charge in [-0.1, -0.05) is 11.6 Å². The molecule has 0 aliphatic carbocycles. The molecule has 1 aromatic rings. The molecule has 108 valence electrons. The number of carbonyl (C=O) groups is 3. The highest BCUT2D eigenvalue weighted by molar-refractivity contribution is 6.31. The summed E-state index contributed by atoms with van der Waals surface area (Å²) in [7, 11) is 0. The normalized spacial score (nSPS) is 9.70. The van der Waals surface area contributed by atoms with E-state index in [1.165, 1.54) is 18.2 Å². The molecule has 0 aliphatic heterocycles. The number of amides is 3. The van der Waals surface area contributed by atoms with Crippen molar-refractivity contribution >= 4 is 29.5 Å². The third-order valence-electron chi connectivity index (χ3n) is 2.08. The lowest BCUT2D eigenvalue weighted by Gasteiger charge is -2.09. The molecule has 0 spiro atoms. The maximum Gasteiger partial charge on any atom is 0.413 e. The maximum atomic E-state index is 11.4. The summed E-state index contributed by atoms with van der Waals surface area (Å²) in [5.41, 5.74) is 5.20. The summed E-state index contributed by atoms with van der Waals surface area (Å²) in [6, 6.07) is 4.20. The van der Waals surface area contributed by atoms with Crippen LogP contribution in [0.25, 0.3) is 0 Å². The number of halogens is 1. The van der Waals surface area contributed by atoms with E-state index in [9.17, 15) is 14.4 Å². The van der Waals surface area contributed by atoms with E-state index in [4.69, 9.17) is 22.1 Å². The topological polar surface area (TPSA) is 108 Å². The number of alkyl carbamates (subject to hydrolysis) is 1. The first-order chi connectivity index (χ1) is 9.43. The Bertz CT molecular complexity index is 533. The molecule has 0 fully saturated rings. The van der Waals surface area contributed by atoms with E-state index in [0.717, 1.165) is 0 Å². The Kier molecular flexibility index (Phi) is 5.79. The van der Waals surface area contributed by atoms with Crippen LogP contribution in [0.5, 0.6) is 5.75 Å². The predicted octanol–water partition coefficient (Wildman–Crippen LogP) is 1.09. The Labute approximate surface area is 120 Å². The van der Waals surface area contributed by atoms with Crippen molar-refractivity contribution in [3.8, 4) is 5.75 Å². The Hall–Kier alpha value is -2.28. The van der Waals surface area contributed by atoms with Crippen LogP contribution in [0.1, 0.15) is 17.3 Å². The molecule has 8 heteroatoms. The molecule has 0 atom stereocenters. The zero-order valence-electron chi connectivity index (χ0n) is 10.6. The Morgan fingerprint density at radius 3 is 2.65 bits per heavy atom. The van der Waals surface area contributed by atoms with Crippen molar-refractivity contribution < 1.29 is 23.9 Å². The third kappa shape index (κ3) is 4.77. The largest absolute Gasteiger partial charge is 0.483 e. The van der Waals surface area contributed by atoms with Crippen LogP contribution in [-0.4, -0.2) is 31.1 Å². The highest BCUT2D eigenvalue weighted by atomic mass is 35.5. The molecule has 1 rings (SSSR count). The molecule has 0 aromatic heterocycles. The molecule has 0 saturated heterocycles. The van der Waals surface area contributed by atoms with Gasteiger partial charge < -0.3 is 15.2 Å². The summed E-state index contributed by atoms with van der Waals surface area (Å²) < 4.78 is 9.64. The maximum absolute atomic E-state index is 11.4. The minimum atomic E-state index is -0.868. The second-order valence-electron chi connectivity index (χ2n) is 3.56. The van der Waals surface area contributed by atoms with Crippen molar-refractivity contribution in [3.63, 3.8) is 0 Å². The van der Waals surface area contributed by atoms with Crippen LogP contribution < -0.4 is 15.8 Å². The summed E-state index contributed by atoms with van der Waals surface area (Å²) in [6.45, 7) is 1.27. The lowest BCUT2D eigenvalue weighted by Crippen LogP contribution is -2.35. The van der Waals surface area contributed by atoms with E-state index in [2.05, 4.69) is 4.74 Å². The molecule has 0 unspecified atom stereocenters. The first-order valence-corrected chi connectivity index (χ1v) is 6.00. The van der Waals surface area contributed by atoms with Crippen LogP contribution in [0.2, 0.25) is 5.02 Å². The average molecular weight is 301 g/mol. The van der Waals surface area contributed by atoms with Gasteiger partial charge in [0.1, 0.15) is 5.75 Å². The van der Waals surface area contributed by atoms with Crippen molar-refractivity contribution in [3.05, 3.63) is 28.8 Å². The van der Waals surface area contributed by atoms with Crippen molar-refractivity contribution in [2.24, 2.45) is 5.73 Å². The zero-order chi connectivity index (χ0) is 15.1. The van der Waals surface area contributed by atoms with E-state index in [1.807, 2.05) is 5.32 Å². The molecule has 3 N–H and O–H groups in total. The number of nitrogens with two attached hydrogens (primary N) is 1. The average Bonchev–Trinajstić information content (AvgIpc) is 2.37. The molecule has 0 radical (unpaired) electrons. The smallest absolute Gasteiger partial charge is 0.413 e.